The van der Waals surface area contributed by atoms with Crippen molar-refractivity contribution in [3.63, 3.8) is 0 Å². The Morgan fingerprint density at radius 1 is 1.33 bits per heavy atom. The molecule has 0 radical (unpaired) electrons. The maximum absolute atomic E-state index is 9.75. The van der Waals surface area contributed by atoms with E-state index in [-0.39, 0.29) is 6.10 Å². The number of hydrogen-bond acceptors (Lipinski definition) is 5. The van der Waals surface area contributed by atoms with Gasteiger partial charge in [-0.25, -0.2) is 0 Å². The first-order chi connectivity index (χ1) is 10.2. The van der Waals surface area contributed by atoms with Crippen molar-refractivity contribution in [1.29, 1.82) is 0 Å². The molecular formula is C16H21N3O2. The van der Waals surface area contributed by atoms with Gasteiger partial charge in [0.1, 0.15) is 0 Å². The van der Waals surface area contributed by atoms with Crippen LogP contribution in [0.1, 0.15) is 30.6 Å². The third-order valence-electron chi connectivity index (χ3n) is 4.02. The Morgan fingerprint density at radius 2 is 2.14 bits per heavy atom. The fourth-order valence-corrected chi connectivity index (χ4v) is 2.76. The van der Waals surface area contributed by atoms with Gasteiger partial charge in [0.2, 0.25) is 5.89 Å². The third kappa shape index (κ3) is 3.68. The number of likely N-dealkylation sites (tertiary alicyclic amines) is 1. The first-order valence-corrected chi connectivity index (χ1v) is 7.46. The summed E-state index contributed by atoms with van der Waals surface area (Å²) in [6.07, 6.45) is 1.32. The van der Waals surface area contributed by atoms with Crippen LogP contribution in [0.4, 0.5) is 0 Å². The maximum atomic E-state index is 9.75. The summed E-state index contributed by atoms with van der Waals surface area (Å²) >= 11 is 0. The highest BCUT2D eigenvalue weighted by molar-refractivity contribution is 5.18. The molecule has 1 aliphatic rings. The van der Waals surface area contributed by atoms with E-state index in [1.54, 1.807) is 0 Å². The van der Waals surface area contributed by atoms with Gasteiger partial charge in [0.15, 0.2) is 5.82 Å². The van der Waals surface area contributed by atoms with Gasteiger partial charge in [-0.2, -0.15) is 4.98 Å². The summed E-state index contributed by atoms with van der Waals surface area (Å²) in [5, 5.41) is 13.8. The van der Waals surface area contributed by atoms with E-state index in [1.165, 1.54) is 5.56 Å². The van der Waals surface area contributed by atoms with Crippen molar-refractivity contribution in [1.82, 2.24) is 15.0 Å². The van der Waals surface area contributed by atoms with Crippen molar-refractivity contribution in [2.24, 2.45) is 5.92 Å². The van der Waals surface area contributed by atoms with E-state index < -0.39 is 0 Å². The van der Waals surface area contributed by atoms with E-state index in [9.17, 15) is 5.11 Å². The van der Waals surface area contributed by atoms with Crippen molar-refractivity contribution in [2.45, 2.75) is 32.4 Å². The number of aliphatic hydroxyl groups excluding tert-OH is 1. The number of hydrogen-bond donors (Lipinski definition) is 1. The molecular weight excluding hydrogens is 266 g/mol. The van der Waals surface area contributed by atoms with Gasteiger partial charge in [-0.05, 0) is 17.9 Å². The molecule has 2 aromatic rings. The van der Waals surface area contributed by atoms with Crippen LogP contribution in [0.15, 0.2) is 34.9 Å². The highest BCUT2D eigenvalue weighted by atomic mass is 16.5. The van der Waals surface area contributed by atoms with E-state index >= 15 is 0 Å². The van der Waals surface area contributed by atoms with Gasteiger partial charge in [-0.3, -0.25) is 4.90 Å². The van der Waals surface area contributed by atoms with E-state index in [4.69, 9.17) is 4.52 Å². The number of aliphatic hydroxyl groups is 1. The largest absolute Gasteiger partial charge is 0.393 e. The first kappa shape index (κ1) is 14.2. The van der Waals surface area contributed by atoms with Gasteiger partial charge in [0.05, 0.1) is 12.6 Å². The number of aromatic nitrogens is 2. The molecule has 0 bridgehead atoms. The zero-order valence-electron chi connectivity index (χ0n) is 12.3. The zero-order valence-corrected chi connectivity index (χ0v) is 12.3. The van der Waals surface area contributed by atoms with Gasteiger partial charge in [-0.1, -0.05) is 42.4 Å². The van der Waals surface area contributed by atoms with E-state index in [0.717, 1.165) is 25.3 Å². The van der Waals surface area contributed by atoms with Gasteiger partial charge in [0, 0.05) is 19.5 Å². The molecule has 21 heavy (non-hydrogen) atoms. The molecule has 1 fully saturated rings. The highest BCUT2D eigenvalue weighted by Gasteiger charge is 2.25. The number of piperidine rings is 1. The molecule has 1 aromatic heterocycles. The number of nitrogens with zero attached hydrogens (tertiary/aromatic N) is 3. The molecule has 0 saturated carbocycles. The second kappa shape index (κ2) is 6.37. The normalized spacial score (nSPS) is 23.3. The minimum atomic E-state index is -0.183. The summed E-state index contributed by atoms with van der Waals surface area (Å²) in [6, 6.07) is 10.1. The van der Waals surface area contributed by atoms with Crippen molar-refractivity contribution in [2.75, 3.05) is 13.1 Å². The summed E-state index contributed by atoms with van der Waals surface area (Å²) in [6.45, 7) is 4.49. The highest BCUT2D eigenvalue weighted by Crippen LogP contribution is 2.18. The standard InChI is InChI=1S/C16H21N3O2/c1-12-10-19(8-7-14(12)20)11-16-17-15(18-21-16)9-13-5-3-2-4-6-13/h2-6,12,14,20H,7-11H2,1H3. The lowest BCUT2D eigenvalue weighted by atomic mass is 9.97. The van der Waals surface area contributed by atoms with Crippen LogP contribution in [0, 0.1) is 5.92 Å². The molecule has 0 amide bonds. The molecule has 5 heteroatoms. The van der Waals surface area contributed by atoms with E-state index in [1.807, 2.05) is 18.2 Å². The minimum Gasteiger partial charge on any atom is -0.393 e. The third-order valence-corrected chi connectivity index (χ3v) is 4.02. The summed E-state index contributed by atoms with van der Waals surface area (Å²) in [4.78, 5) is 6.72. The smallest absolute Gasteiger partial charge is 0.240 e. The Labute approximate surface area is 124 Å². The van der Waals surface area contributed by atoms with Gasteiger partial charge < -0.3 is 9.63 Å². The lowest BCUT2D eigenvalue weighted by Crippen LogP contribution is -2.41. The fraction of sp³-hybridized carbons (Fsp3) is 0.500. The Balaban J connectivity index is 1.58. The average molecular weight is 287 g/mol. The zero-order chi connectivity index (χ0) is 14.7. The molecule has 112 valence electrons. The van der Waals surface area contributed by atoms with Crippen LogP contribution >= 0.6 is 0 Å². The first-order valence-electron chi connectivity index (χ1n) is 7.46. The lowest BCUT2D eigenvalue weighted by Gasteiger charge is -2.33. The molecule has 2 heterocycles. The molecule has 1 aliphatic heterocycles. The molecule has 0 aliphatic carbocycles. The van der Waals surface area contributed by atoms with Crippen LogP contribution in [0.2, 0.25) is 0 Å². The molecule has 2 unspecified atom stereocenters. The quantitative estimate of drug-likeness (QED) is 0.930. The number of benzene rings is 1. The Hall–Kier alpha value is -1.72. The Bertz CT molecular complexity index is 570. The summed E-state index contributed by atoms with van der Waals surface area (Å²) in [5.41, 5.74) is 1.18. The molecule has 1 aromatic carbocycles. The second-order valence-electron chi connectivity index (χ2n) is 5.84. The maximum Gasteiger partial charge on any atom is 0.240 e. The number of rotatable bonds is 4. The Morgan fingerprint density at radius 3 is 2.90 bits per heavy atom. The van der Waals surface area contributed by atoms with Crippen LogP contribution in [0.5, 0.6) is 0 Å². The van der Waals surface area contributed by atoms with Gasteiger partial charge in [0.25, 0.3) is 0 Å². The summed E-state index contributed by atoms with van der Waals surface area (Å²) in [7, 11) is 0. The molecule has 0 spiro atoms. The van der Waals surface area contributed by atoms with E-state index in [2.05, 4.69) is 34.1 Å². The van der Waals surface area contributed by atoms with Crippen molar-refractivity contribution in [3.05, 3.63) is 47.6 Å². The van der Waals surface area contributed by atoms with Crippen LogP contribution in [0.25, 0.3) is 0 Å². The predicted octanol–water partition coefficient (Wildman–Crippen LogP) is 1.86. The monoisotopic (exact) mass is 287 g/mol. The molecule has 1 saturated heterocycles. The van der Waals surface area contributed by atoms with Crippen molar-refractivity contribution < 1.29 is 9.63 Å². The molecule has 5 nitrogen and oxygen atoms in total. The molecule has 3 rings (SSSR count). The predicted molar refractivity (Wildman–Crippen MR) is 78.6 cm³/mol. The van der Waals surface area contributed by atoms with Crippen molar-refractivity contribution in [3.8, 4) is 0 Å². The SMILES string of the molecule is CC1CN(Cc2nc(Cc3ccccc3)no2)CCC1O. The topological polar surface area (TPSA) is 62.4 Å². The average Bonchev–Trinajstić information content (AvgIpc) is 2.91. The lowest BCUT2D eigenvalue weighted by molar-refractivity contribution is 0.0282. The molecule has 2 atom stereocenters. The van der Waals surface area contributed by atoms with E-state index in [0.29, 0.717) is 24.8 Å². The van der Waals surface area contributed by atoms with Crippen LogP contribution < -0.4 is 0 Å². The van der Waals surface area contributed by atoms with Crippen LogP contribution in [-0.4, -0.2) is 39.3 Å². The van der Waals surface area contributed by atoms with Crippen LogP contribution in [0.3, 0.4) is 0 Å². The van der Waals surface area contributed by atoms with Crippen LogP contribution in [-0.2, 0) is 13.0 Å². The summed E-state index contributed by atoms with van der Waals surface area (Å²) < 4.78 is 5.34. The fourth-order valence-electron chi connectivity index (χ4n) is 2.76. The summed E-state index contributed by atoms with van der Waals surface area (Å²) in [5.74, 6) is 1.68. The van der Waals surface area contributed by atoms with Crippen molar-refractivity contribution >= 4 is 0 Å². The van der Waals surface area contributed by atoms with Gasteiger partial charge in [-0.15, -0.1) is 0 Å². The second-order valence-corrected chi connectivity index (χ2v) is 5.84. The van der Waals surface area contributed by atoms with Gasteiger partial charge >= 0.3 is 0 Å². The molecule has 1 N–H and O–H groups in total. The minimum absolute atomic E-state index is 0.183. The Kier molecular flexibility index (Phi) is 4.31.